The molecule has 2 aliphatic heterocycles. The number of rotatable bonds is 8. The molecule has 0 bridgehead atoms. The van der Waals surface area contributed by atoms with E-state index in [0.717, 1.165) is 17.0 Å². The molecule has 0 spiro atoms. The average molecular weight is 420 g/mol. The van der Waals surface area contributed by atoms with E-state index in [1.165, 1.54) is 11.1 Å². The van der Waals surface area contributed by atoms with Crippen LogP contribution in [0.3, 0.4) is 0 Å². The van der Waals surface area contributed by atoms with E-state index >= 15 is 0 Å². The molecule has 0 saturated heterocycles. The van der Waals surface area contributed by atoms with Crippen LogP contribution in [0.1, 0.15) is 30.0 Å². The SMILES string of the molecule is Cc1ccccc1CNCC(=O)NCCCN1C(=O)C2C(=NNC2C)c2ccccc21. The van der Waals surface area contributed by atoms with Gasteiger partial charge in [0.05, 0.1) is 24.0 Å². The Morgan fingerprint density at radius 3 is 2.77 bits per heavy atom. The minimum absolute atomic E-state index is 0.0163. The lowest BCUT2D eigenvalue weighted by Gasteiger charge is -2.34. The van der Waals surface area contributed by atoms with Crippen LogP contribution < -0.4 is 21.0 Å². The summed E-state index contributed by atoms with van der Waals surface area (Å²) in [5.41, 5.74) is 8.18. The van der Waals surface area contributed by atoms with Crippen LogP contribution in [-0.4, -0.2) is 43.2 Å². The molecule has 2 aromatic carbocycles. The van der Waals surface area contributed by atoms with E-state index in [1.54, 1.807) is 0 Å². The molecule has 162 valence electrons. The van der Waals surface area contributed by atoms with Crippen LogP contribution in [-0.2, 0) is 16.1 Å². The number of hydrazone groups is 1. The number of fused-ring (bicyclic) bond motifs is 3. The predicted octanol–water partition coefficient (Wildman–Crippen LogP) is 1.95. The maximum absolute atomic E-state index is 13.1. The largest absolute Gasteiger partial charge is 0.355 e. The first-order valence-corrected chi connectivity index (χ1v) is 10.8. The number of nitrogens with zero attached hydrogens (tertiary/aromatic N) is 2. The third-order valence-electron chi connectivity index (χ3n) is 5.93. The van der Waals surface area contributed by atoms with Gasteiger partial charge in [-0.2, -0.15) is 5.10 Å². The number of hydrogen-bond acceptors (Lipinski definition) is 5. The average Bonchev–Trinajstić information content (AvgIpc) is 3.16. The molecule has 31 heavy (non-hydrogen) atoms. The zero-order chi connectivity index (χ0) is 21.8. The highest BCUT2D eigenvalue weighted by Crippen LogP contribution is 2.34. The number of aryl methyl sites for hydroxylation is 1. The minimum atomic E-state index is -0.255. The predicted molar refractivity (Wildman–Crippen MR) is 122 cm³/mol. The maximum atomic E-state index is 13.1. The van der Waals surface area contributed by atoms with Crippen molar-refractivity contribution in [3.63, 3.8) is 0 Å². The number of carbonyl (C=O) groups excluding carboxylic acids is 2. The Balaban J connectivity index is 1.26. The Bertz CT molecular complexity index is 1000. The Labute approximate surface area is 182 Å². The number of benzene rings is 2. The van der Waals surface area contributed by atoms with Gasteiger partial charge in [-0.3, -0.25) is 9.59 Å². The van der Waals surface area contributed by atoms with Crippen LogP contribution in [0.4, 0.5) is 5.69 Å². The summed E-state index contributed by atoms with van der Waals surface area (Å²) in [6.45, 7) is 6.06. The molecule has 2 atom stereocenters. The molecular formula is C24H29N5O2. The van der Waals surface area contributed by atoms with Gasteiger partial charge < -0.3 is 21.0 Å². The van der Waals surface area contributed by atoms with Gasteiger partial charge in [0.1, 0.15) is 5.92 Å². The molecule has 2 unspecified atom stereocenters. The van der Waals surface area contributed by atoms with E-state index < -0.39 is 0 Å². The van der Waals surface area contributed by atoms with Crippen molar-refractivity contribution in [3.05, 3.63) is 65.2 Å². The summed E-state index contributed by atoms with van der Waals surface area (Å²) in [5, 5.41) is 10.5. The molecule has 7 heteroatoms. The number of nitrogens with one attached hydrogen (secondary N) is 3. The number of hydrogen-bond donors (Lipinski definition) is 3. The van der Waals surface area contributed by atoms with Crippen LogP contribution >= 0.6 is 0 Å². The fourth-order valence-corrected chi connectivity index (χ4v) is 4.20. The van der Waals surface area contributed by atoms with Crippen molar-refractivity contribution < 1.29 is 9.59 Å². The van der Waals surface area contributed by atoms with Gasteiger partial charge in [0, 0.05) is 25.2 Å². The molecule has 3 N–H and O–H groups in total. The van der Waals surface area contributed by atoms with Gasteiger partial charge in [-0.1, -0.05) is 42.5 Å². The van der Waals surface area contributed by atoms with Crippen molar-refractivity contribution in [2.24, 2.45) is 11.0 Å². The minimum Gasteiger partial charge on any atom is -0.355 e. The van der Waals surface area contributed by atoms with Crippen molar-refractivity contribution in [3.8, 4) is 0 Å². The lowest BCUT2D eigenvalue weighted by molar-refractivity contribution is -0.121. The summed E-state index contributed by atoms with van der Waals surface area (Å²) in [5.74, 6) is -0.224. The van der Waals surface area contributed by atoms with E-state index in [0.29, 0.717) is 26.1 Å². The first kappa shape index (κ1) is 21.1. The molecule has 0 aliphatic carbocycles. The molecule has 0 fully saturated rings. The Morgan fingerprint density at radius 2 is 1.94 bits per heavy atom. The van der Waals surface area contributed by atoms with Crippen LogP contribution in [0.2, 0.25) is 0 Å². The molecule has 2 aromatic rings. The van der Waals surface area contributed by atoms with Crippen LogP contribution in [0, 0.1) is 12.8 Å². The fourth-order valence-electron chi connectivity index (χ4n) is 4.20. The van der Waals surface area contributed by atoms with E-state index in [9.17, 15) is 9.59 Å². The van der Waals surface area contributed by atoms with E-state index in [4.69, 9.17) is 0 Å². The summed E-state index contributed by atoms with van der Waals surface area (Å²) in [6.07, 6.45) is 0.685. The van der Waals surface area contributed by atoms with Crippen molar-refractivity contribution in [1.29, 1.82) is 0 Å². The van der Waals surface area contributed by atoms with Gasteiger partial charge in [-0.25, -0.2) is 0 Å². The second-order valence-corrected chi connectivity index (χ2v) is 8.13. The summed E-state index contributed by atoms with van der Waals surface area (Å²) in [4.78, 5) is 27.1. The fraction of sp³-hybridized carbons (Fsp3) is 0.375. The highest BCUT2D eigenvalue weighted by atomic mass is 16.2. The topological polar surface area (TPSA) is 85.8 Å². The summed E-state index contributed by atoms with van der Waals surface area (Å²) >= 11 is 0. The standard InChI is InChI=1S/C24H29N5O2/c1-16-8-3-4-9-18(16)14-25-15-21(30)26-12-7-13-29-20-11-6-5-10-19(20)23-22(24(29)31)17(2)27-28-23/h3-6,8-11,17,22,25,27H,7,12-15H2,1-2H3,(H,26,30). The second-order valence-electron chi connectivity index (χ2n) is 8.13. The molecule has 2 amide bonds. The smallest absolute Gasteiger partial charge is 0.238 e. The number of amides is 2. The Morgan fingerprint density at radius 1 is 1.16 bits per heavy atom. The lowest BCUT2D eigenvalue weighted by Crippen LogP contribution is -2.48. The zero-order valence-corrected chi connectivity index (χ0v) is 18.0. The first-order chi connectivity index (χ1) is 15.1. The number of carbonyl (C=O) groups is 2. The molecule has 0 radical (unpaired) electrons. The molecule has 7 nitrogen and oxygen atoms in total. The molecular weight excluding hydrogens is 390 g/mol. The second kappa shape index (κ2) is 9.31. The summed E-state index contributed by atoms with van der Waals surface area (Å²) in [6, 6.07) is 16.0. The van der Waals surface area contributed by atoms with Gasteiger partial charge in [0.2, 0.25) is 11.8 Å². The Hall–Kier alpha value is -3.19. The van der Waals surface area contributed by atoms with Gasteiger partial charge in [0.15, 0.2) is 0 Å². The normalized spacial score (nSPS) is 19.4. The van der Waals surface area contributed by atoms with E-state index in [1.807, 2.05) is 48.2 Å². The third-order valence-corrected chi connectivity index (χ3v) is 5.93. The number of para-hydroxylation sites is 1. The Kier molecular flexibility index (Phi) is 6.32. The molecule has 2 heterocycles. The van der Waals surface area contributed by atoms with Crippen molar-refractivity contribution in [1.82, 2.24) is 16.1 Å². The van der Waals surface area contributed by atoms with E-state index in [-0.39, 0.29) is 30.3 Å². The van der Waals surface area contributed by atoms with Gasteiger partial charge in [-0.05, 0) is 37.5 Å². The van der Waals surface area contributed by atoms with Crippen molar-refractivity contribution >= 4 is 23.2 Å². The zero-order valence-electron chi connectivity index (χ0n) is 18.0. The summed E-state index contributed by atoms with van der Waals surface area (Å²) in [7, 11) is 0. The summed E-state index contributed by atoms with van der Waals surface area (Å²) < 4.78 is 0. The number of anilines is 1. The van der Waals surface area contributed by atoms with Gasteiger partial charge in [0.25, 0.3) is 0 Å². The van der Waals surface area contributed by atoms with Crippen LogP contribution in [0.25, 0.3) is 0 Å². The lowest BCUT2D eigenvalue weighted by atomic mass is 9.86. The van der Waals surface area contributed by atoms with Crippen molar-refractivity contribution in [2.75, 3.05) is 24.5 Å². The monoisotopic (exact) mass is 419 g/mol. The quantitative estimate of drug-likeness (QED) is 0.571. The van der Waals surface area contributed by atoms with E-state index in [2.05, 4.69) is 40.2 Å². The molecule has 2 aliphatic rings. The molecule has 4 rings (SSSR count). The maximum Gasteiger partial charge on any atom is 0.238 e. The van der Waals surface area contributed by atoms with Gasteiger partial charge in [-0.15, -0.1) is 0 Å². The van der Waals surface area contributed by atoms with Crippen molar-refractivity contribution in [2.45, 2.75) is 32.9 Å². The highest BCUT2D eigenvalue weighted by Gasteiger charge is 2.43. The molecule has 0 aromatic heterocycles. The molecule has 0 saturated carbocycles. The first-order valence-electron chi connectivity index (χ1n) is 10.8. The van der Waals surface area contributed by atoms with Crippen LogP contribution in [0.5, 0.6) is 0 Å². The van der Waals surface area contributed by atoms with Gasteiger partial charge >= 0.3 is 0 Å². The third kappa shape index (κ3) is 4.46. The van der Waals surface area contributed by atoms with Crippen LogP contribution in [0.15, 0.2) is 53.6 Å². The highest BCUT2D eigenvalue weighted by molar-refractivity contribution is 6.24.